The average Bonchev–Trinajstić information content (AvgIpc) is 2.63. The second kappa shape index (κ2) is 5.78. The van der Waals surface area contributed by atoms with Gasteiger partial charge in [-0.05, 0) is 19.9 Å². The topological polar surface area (TPSA) is 50.1 Å². The maximum atomic E-state index is 8.92. The van der Waals surface area contributed by atoms with E-state index in [1.165, 1.54) is 0 Å². The van der Waals surface area contributed by atoms with E-state index in [1.54, 1.807) is 0 Å². The molecule has 0 radical (unpaired) electrons. The summed E-state index contributed by atoms with van der Waals surface area (Å²) in [6.07, 6.45) is 5.54. The summed E-state index contributed by atoms with van der Waals surface area (Å²) in [7, 11) is 1.91. The lowest BCUT2D eigenvalue weighted by atomic mass is 10.1. The van der Waals surface area contributed by atoms with Crippen LogP contribution in [0.15, 0.2) is 12.5 Å². The molecule has 14 heavy (non-hydrogen) atoms. The summed E-state index contributed by atoms with van der Waals surface area (Å²) in [5.74, 6) is 0. The molecule has 1 aromatic heterocycles. The molecule has 0 aliphatic carbocycles. The number of imidazole rings is 1. The van der Waals surface area contributed by atoms with Crippen molar-refractivity contribution in [3.8, 4) is 0 Å². The third-order valence-corrected chi connectivity index (χ3v) is 2.33. The van der Waals surface area contributed by atoms with Gasteiger partial charge in [-0.3, -0.25) is 0 Å². The summed E-state index contributed by atoms with van der Waals surface area (Å²) in [4.78, 5) is 4.13. The molecule has 80 valence electrons. The Morgan fingerprint density at radius 3 is 3.00 bits per heavy atom. The molecule has 0 aromatic carbocycles. The minimum atomic E-state index is 0.197. The van der Waals surface area contributed by atoms with E-state index in [1.807, 2.05) is 19.6 Å². The van der Waals surface area contributed by atoms with Crippen LogP contribution < -0.4 is 5.32 Å². The number of hydrogen-bond donors (Lipinski definition) is 2. The van der Waals surface area contributed by atoms with E-state index in [4.69, 9.17) is 5.11 Å². The van der Waals surface area contributed by atoms with E-state index in [2.05, 4.69) is 21.8 Å². The zero-order valence-electron chi connectivity index (χ0n) is 8.90. The highest BCUT2D eigenvalue weighted by Crippen LogP contribution is 2.15. The Hall–Kier alpha value is -0.870. The SMILES string of the molecule is CCCn1cncc1C(CCO)NC. The van der Waals surface area contributed by atoms with Crippen molar-refractivity contribution in [2.45, 2.75) is 32.4 Å². The lowest BCUT2D eigenvalue weighted by Gasteiger charge is -2.16. The molecule has 0 aliphatic rings. The summed E-state index contributed by atoms with van der Waals surface area (Å²) in [6, 6.07) is 0.203. The summed E-state index contributed by atoms with van der Waals surface area (Å²) in [5, 5.41) is 12.1. The highest BCUT2D eigenvalue weighted by atomic mass is 16.3. The number of aliphatic hydroxyl groups is 1. The molecule has 1 heterocycles. The van der Waals surface area contributed by atoms with Crippen LogP contribution in [0.5, 0.6) is 0 Å². The zero-order valence-corrected chi connectivity index (χ0v) is 8.90. The van der Waals surface area contributed by atoms with Crippen LogP contribution in [-0.2, 0) is 6.54 Å². The lowest BCUT2D eigenvalue weighted by Crippen LogP contribution is -2.20. The smallest absolute Gasteiger partial charge is 0.0948 e. The number of nitrogens with one attached hydrogen (secondary N) is 1. The van der Waals surface area contributed by atoms with Crippen molar-refractivity contribution in [3.05, 3.63) is 18.2 Å². The van der Waals surface area contributed by atoms with E-state index < -0.39 is 0 Å². The molecule has 0 saturated heterocycles. The van der Waals surface area contributed by atoms with Crippen molar-refractivity contribution in [1.82, 2.24) is 14.9 Å². The Bertz CT molecular complexity index is 260. The van der Waals surface area contributed by atoms with Crippen LogP contribution in [0.25, 0.3) is 0 Å². The normalized spacial score (nSPS) is 13.1. The van der Waals surface area contributed by atoms with Crippen LogP contribution in [0.1, 0.15) is 31.5 Å². The molecule has 0 fully saturated rings. The van der Waals surface area contributed by atoms with Crippen LogP contribution in [0.2, 0.25) is 0 Å². The Morgan fingerprint density at radius 2 is 2.43 bits per heavy atom. The molecular weight excluding hydrogens is 178 g/mol. The predicted molar refractivity (Wildman–Crippen MR) is 56.0 cm³/mol. The molecule has 0 bridgehead atoms. The molecule has 2 N–H and O–H groups in total. The minimum Gasteiger partial charge on any atom is -0.396 e. The average molecular weight is 197 g/mol. The molecule has 1 unspecified atom stereocenters. The number of aryl methyl sites for hydroxylation is 1. The van der Waals surface area contributed by atoms with Crippen molar-refractivity contribution in [1.29, 1.82) is 0 Å². The van der Waals surface area contributed by atoms with Gasteiger partial charge in [0.05, 0.1) is 18.1 Å². The first-order chi connectivity index (χ1) is 6.83. The fraction of sp³-hybridized carbons (Fsp3) is 0.700. The quantitative estimate of drug-likeness (QED) is 0.713. The number of hydrogen-bond acceptors (Lipinski definition) is 3. The molecule has 1 rings (SSSR count). The monoisotopic (exact) mass is 197 g/mol. The largest absolute Gasteiger partial charge is 0.396 e. The molecule has 0 spiro atoms. The van der Waals surface area contributed by atoms with E-state index in [9.17, 15) is 0 Å². The summed E-state index contributed by atoms with van der Waals surface area (Å²) >= 11 is 0. The number of rotatable bonds is 6. The Labute approximate surface area is 85.0 Å². The minimum absolute atomic E-state index is 0.197. The van der Waals surface area contributed by atoms with Gasteiger partial charge < -0.3 is 15.0 Å². The van der Waals surface area contributed by atoms with Gasteiger partial charge in [0.15, 0.2) is 0 Å². The first kappa shape index (κ1) is 11.2. The van der Waals surface area contributed by atoms with Crippen LogP contribution >= 0.6 is 0 Å². The molecule has 0 aliphatic heterocycles. The van der Waals surface area contributed by atoms with Crippen LogP contribution in [0.3, 0.4) is 0 Å². The number of aliphatic hydroxyl groups excluding tert-OH is 1. The van der Waals surface area contributed by atoms with Crippen molar-refractivity contribution >= 4 is 0 Å². The van der Waals surface area contributed by atoms with Gasteiger partial charge in [-0.1, -0.05) is 6.92 Å². The first-order valence-electron chi connectivity index (χ1n) is 5.11. The summed E-state index contributed by atoms with van der Waals surface area (Å²) in [6.45, 7) is 3.33. The van der Waals surface area contributed by atoms with Gasteiger partial charge in [0.2, 0.25) is 0 Å². The van der Waals surface area contributed by atoms with Gasteiger partial charge in [0.1, 0.15) is 0 Å². The molecule has 0 amide bonds. The maximum Gasteiger partial charge on any atom is 0.0948 e. The molecule has 0 saturated carbocycles. The molecule has 4 nitrogen and oxygen atoms in total. The third kappa shape index (κ3) is 2.56. The lowest BCUT2D eigenvalue weighted by molar-refractivity contribution is 0.266. The van der Waals surface area contributed by atoms with Crippen LogP contribution in [-0.4, -0.2) is 28.3 Å². The highest BCUT2D eigenvalue weighted by Gasteiger charge is 2.12. The van der Waals surface area contributed by atoms with Gasteiger partial charge in [0, 0.05) is 19.3 Å². The Balaban J connectivity index is 2.74. The van der Waals surface area contributed by atoms with Crippen molar-refractivity contribution < 1.29 is 5.11 Å². The van der Waals surface area contributed by atoms with Gasteiger partial charge in [0.25, 0.3) is 0 Å². The van der Waals surface area contributed by atoms with Crippen LogP contribution in [0, 0.1) is 0 Å². The first-order valence-corrected chi connectivity index (χ1v) is 5.11. The standard InChI is InChI=1S/C10H19N3O/c1-3-5-13-8-12-7-10(13)9(11-2)4-6-14/h7-9,11,14H,3-6H2,1-2H3. The highest BCUT2D eigenvalue weighted by molar-refractivity contribution is 5.05. The number of aromatic nitrogens is 2. The second-order valence-corrected chi connectivity index (χ2v) is 3.37. The van der Waals surface area contributed by atoms with E-state index >= 15 is 0 Å². The van der Waals surface area contributed by atoms with E-state index in [0.29, 0.717) is 0 Å². The van der Waals surface area contributed by atoms with Crippen molar-refractivity contribution in [3.63, 3.8) is 0 Å². The Kier molecular flexibility index (Phi) is 4.62. The molecule has 4 heteroatoms. The van der Waals surface area contributed by atoms with E-state index in [-0.39, 0.29) is 12.6 Å². The third-order valence-electron chi connectivity index (χ3n) is 2.33. The van der Waals surface area contributed by atoms with Gasteiger partial charge >= 0.3 is 0 Å². The van der Waals surface area contributed by atoms with Gasteiger partial charge in [-0.25, -0.2) is 4.98 Å². The van der Waals surface area contributed by atoms with Gasteiger partial charge in [-0.2, -0.15) is 0 Å². The molecular formula is C10H19N3O. The van der Waals surface area contributed by atoms with Crippen molar-refractivity contribution in [2.24, 2.45) is 0 Å². The number of nitrogens with zero attached hydrogens (tertiary/aromatic N) is 2. The predicted octanol–water partition coefficient (Wildman–Crippen LogP) is 0.936. The van der Waals surface area contributed by atoms with Crippen LogP contribution in [0.4, 0.5) is 0 Å². The fourth-order valence-corrected chi connectivity index (χ4v) is 1.62. The van der Waals surface area contributed by atoms with Gasteiger partial charge in [-0.15, -0.1) is 0 Å². The van der Waals surface area contributed by atoms with E-state index in [0.717, 1.165) is 25.1 Å². The van der Waals surface area contributed by atoms with Crippen molar-refractivity contribution in [2.75, 3.05) is 13.7 Å². The fourth-order valence-electron chi connectivity index (χ4n) is 1.62. The summed E-state index contributed by atoms with van der Waals surface area (Å²) < 4.78 is 2.14. The second-order valence-electron chi connectivity index (χ2n) is 3.37. The summed E-state index contributed by atoms with van der Waals surface area (Å²) in [5.41, 5.74) is 1.16. The zero-order chi connectivity index (χ0) is 10.4. The maximum absolute atomic E-state index is 8.92. The molecule has 1 aromatic rings. The molecule has 1 atom stereocenters. The Morgan fingerprint density at radius 1 is 1.64 bits per heavy atom.